The van der Waals surface area contributed by atoms with Crippen molar-refractivity contribution >= 4 is 0 Å². The molecule has 2 unspecified atom stereocenters. The van der Waals surface area contributed by atoms with Crippen molar-refractivity contribution < 1.29 is 0 Å². The van der Waals surface area contributed by atoms with Crippen LogP contribution in [-0.2, 0) is 6.54 Å². The molecule has 4 nitrogen and oxygen atoms in total. The Morgan fingerprint density at radius 2 is 2.22 bits per heavy atom. The van der Waals surface area contributed by atoms with Crippen molar-refractivity contribution in [2.75, 3.05) is 13.1 Å². The molecule has 4 heteroatoms. The van der Waals surface area contributed by atoms with E-state index in [0.717, 1.165) is 19.1 Å². The summed E-state index contributed by atoms with van der Waals surface area (Å²) < 4.78 is 2.29. The lowest BCUT2D eigenvalue weighted by molar-refractivity contribution is 0.0824. The second kappa shape index (κ2) is 5.02. The van der Waals surface area contributed by atoms with Gasteiger partial charge < -0.3 is 10.3 Å². The molecule has 100 valence electrons. The molecular weight excluding hydrogens is 224 g/mol. The summed E-state index contributed by atoms with van der Waals surface area (Å²) in [4.78, 5) is 7.05. The van der Waals surface area contributed by atoms with E-state index in [9.17, 15) is 0 Å². The third-order valence-corrected chi connectivity index (χ3v) is 4.50. The van der Waals surface area contributed by atoms with Crippen LogP contribution in [-0.4, -0.2) is 33.6 Å². The van der Waals surface area contributed by atoms with Gasteiger partial charge in [0.1, 0.15) is 0 Å². The molecule has 3 rings (SSSR count). The van der Waals surface area contributed by atoms with Gasteiger partial charge in [0, 0.05) is 18.8 Å². The number of aryl methyl sites for hydroxylation is 1. The number of piperidine rings is 1. The largest absolute Gasteiger partial charge is 0.333 e. The van der Waals surface area contributed by atoms with Crippen molar-refractivity contribution in [3.63, 3.8) is 0 Å². The van der Waals surface area contributed by atoms with Gasteiger partial charge in [-0.3, -0.25) is 4.90 Å². The third-order valence-electron chi connectivity index (χ3n) is 4.50. The summed E-state index contributed by atoms with van der Waals surface area (Å²) in [6.07, 6.45) is 9.32. The zero-order valence-electron chi connectivity index (χ0n) is 11.3. The Morgan fingerprint density at radius 1 is 1.39 bits per heavy atom. The lowest BCUT2D eigenvalue weighted by atomic mass is 9.87. The van der Waals surface area contributed by atoms with Crippen LogP contribution in [0, 0.1) is 5.92 Å². The number of aromatic nitrogens is 2. The first-order valence-corrected chi connectivity index (χ1v) is 7.31. The summed E-state index contributed by atoms with van der Waals surface area (Å²) in [5.41, 5.74) is 7.39. The number of rotatable bonds is 4. The molecule has 1 aliphatic carbocycles. The van der Waals surface area contributed by atoms with Crippen LogP contribution in [0.3, 0.4) is 0 Å². The summed E-state index contributed by atoms with van der Waals surface area (Å²) in [6.45, 7) is 5.22. The van der Waals surface area contributed by atoms with Gasteiger partial charge in [-0.2, -0.15) is 0 Å². The Morgan fingerprint density at radius 3 is 2.89 bits per heavy atom. The van der Waals surface area contributed by atoms with E-state index in [1.165, 1.54) is 37.9 Å². The highest BCUT2D eigenvalue weighted by molar-refractivity contribution is 5.11. The van der Waals surface area contributed by atoms with E-state index in [2.05, 4.69) is 27.6 Å². The van der Waals surface area contributed by atoms with Crippen molar-refractivity contribution in [2.24, 2.45) is 11.7 Å². The molecule has 18 heavy (non-hydrogen) atoms. The van der Waals surface area contributed by atoms with E-state index < -0.39 is 0 Å². The van der Waals surface area contributed by atoms with Crippen LogP contribution in [0.4, 0.5) is 0 Å². The summed E-state index contributed by atoms with van der Waals surface area (Å²) >= 11 is 0. The predicted octanol–water partition coefficient (Wildman–Crippen LogP) is 1.78. The lowest BCUT2D eigenvalue weighted by Crippen LogP contribution is -2.43. The Bertz CT molecular complexity index is 396. The van der Waals surface area contributed by atoms with Crippen LogP contribution in [0.2, 0.25) is 0 Å². The monoisotopic (exact) mass is 248 g/mol. The van der Waals surface area contributed by atoms with Crippen molar-refractivity contribution in [3.05, 3.63) is 18.2 Å². The van der Waals surface area contributed by atoms with Crippen LogP contribution < -0.4 is 5.73 Å². The molecule has 0 amide bonds. The molecule has 2 heterocycles. The molecule has 1 aromatic heterocycles. The van der Waals surface area contributed by atoms with Crippen LogP contribution >= 0.6 is 0 Å². The first-order chi connectivity index (χ1) is 8.85. The molecule has 2 atom stereocenters. The highest BCUT2D eigenvalue weighted by Crippen LogP contribution is 2.42. The molecular formula is C14H24N4. The van der Waals surface area contributed by atoms with Gasteiger partial charge in [-0.25, -0.2) is 4.98 Å². The number of likely N-dealkylation sites (tertiary alicyclic amines) is 1. The van der Waals surface area contributed by atoms with Gasteiger partial charge in [-0.15, -0.1) is 0 Å². The minimum absolute atomic E-state index is 0.499. The quantitative estimate of drug-likeness (QED) is 0.883. The van der Waals surface area contributed by atoms with Gasteiger partial charge in [0.25, 0.3) is 0 Å². The van der Waals surface area contributed by atoms with Crippen LogP contribution in [0.15, 0.2) is 12.5 Å². The number of imidazole rings is 1. The molecule has 2 fully saturated rings. The zero-order chi connectivity index (χ0) is 12.5. The number of hydrogen-bond donors (Lipinski definition) is 1. The minimum atomic E-state index is 0.499. The molecule has 0 spiro atoms. The fourth-order valence-electron chi connectivity index (χ4n) is 3.42. The number of hydrogen-bond acceptors (Lipinski definition) is 3. The van der Waals surface area contributed by atoms with Gasteiger partial charge in [0.15, 0.2) is 0 Å². The topological polar surface area (TPSA) is 47.1 Å². The van der Waals surface area contributed by atoms with E-state index in [1.807, 2.05) is 6.33 Å². The van der Waals surface area contributed by atoms with Crippen LogP contribution in [0.1, 0.15) is 44.3 Å². The smallest absolute Gasteiger partial charge is 0.0948 e. The highest BCUT2D eigenvalue weighted by atomic mass is 15.2. The van der Waals surface area contributed by atoms with Crippen molar-refractivity contribution in [1.82, 2.24) is 14.5 Å². The van der Waals surface area contributed by atoms with Gasteiger partial charge in [-0.1, -0.05) is 0 Å². The third kappa shape index (κ3) is 2.08. The lowest BCUT2D eigenvalue weighted by Gasteiger charge is -2.41. The highest BCUT2D eigenvalue weighted by Gasteiger charge is 2.41. The Labute approximate surface area is 109 Å². The summed E-state index contributed by atoms with van der Waals surface area (Å²) in [6, 6.07) is 1.31. The second-order valence-corrected chi connectivity index (χ2v) is 5.66. The first-order valence-electron chi connectivity index (χ1n) is 7.31. The Hall–Kier alpha value is -0.870. The summed E-state index contributed by atoms with van der Waals surface area (Å²) in [5.74, 6) is 0.598. The Balaban J connectivity index is 1.91. The number of nitrogens with zero attached hydrogens (tertiary/aromatic N) is 3. The summed E-state index contributed by atoms with van der Waals surface area (Å²) in [7, 11) is 0. The van der Waals surface area contributed by atoms with Crippen LogP contribution in [0.5, 0.6) is 0 Å². The molecule has 1 aliphatic heterocycles. The molecule has 1 saturated carbocycles. The van der Waals surface area contributed by atoms with Crippen molar-refractivity contribution in [1.29, 1.82) is 0 Å². The van der Waals surface area contributed by atoms with Crippen LogP contribution in [0.25, 0.3) is 0 Å². The predicted molar refractivity (Wildman–Crippen MR) is 72.1 cm³/mol. The molecule has 2 N–H and O–H groups in total. The van der Waals surface area contributed by atoms with Crippen molar-refractivity contribution in [3.8, 4) is 0 Å². The minimum Gasteiger partial charge on any atom is -0.333 e. The van der Waals surface area contributed by atoms with Gasteiger partial charge >= 0.3 is 0 Å². The average Bonchev–Trinajstić information content (AvgIpc) is 3.15. The standard InChI is InChI=1S/C14H24N4/c1-2-17-10-16-9-13(17)14-11(8-15)4-3-7-18(14)12-5-6-12/h9-12,14H,2-8,15H2,1H3. The maximum Gasteiger partial charge on any atom is 0.0948 e. The van der Waals surface area contributed by atoms with Gasteiger partial charge in [-0.05, 0) is 51.6 Å². The average molecular weight is 248 g/mol. The molecule has 1 saturated heterocycles. The first kappa shape index (κ1) is 12.2. The van der Waals surface area contributed by atoms with E-state index in [0.29, 0.717) is 12.0 Å². The fraction of sp³-hybridized carbons (Fsp3) is 0.786. The fourth-order valence-corrected chi connectivity index (χ4v) is 3.42. The molecule has 0 bridgehead atoms. The molecule has 1 aromatic rings. The maximum absolute atomic E-state index is 6.02. The SMILES string of the molecule is CCn1cncc1C1C(CN)CCCN1C1CC1. The van der Waals surface area contributed by atoms with E-state index in [1.54, 1.807) is 0 Å². The maximum atomic E-state index is 6.02. The normalized spacial score (nSPS) is 29.7. The summed E-state index contributed by atoms with van der Waals surface area (Å²) in [5, 5.41) is 0. The Kier molecular flexibility index (Phi) is 3.39. The second-order valence-electron chi connectivity index (χ2n) is 5.66. The number of nitrogens with two attached hydrogens (primary N) is 1. The van der Waals surface area contributed by atoms with E-state index in [4.69, 9.17) is 5.73 Å². The van der Waals surface area contributed by atoms with E-state index in [-0.39, 0.29) is 0 Å². The molecule has 2 aliphatic rings. The van der Waals surface area contributed by atoms with Gasteiger partial charge in [0.05, 0.1) is 18.1 Å². The van der Waals surface area contributed by atoms with E-state index >= 15 is 0 Å². The van der Waals surface area contributed by atoms with Crippen molar-refractivity contribution in [2.45, 2.75) is 51.2 Å². The molecule has 0 radical (unpaired) electrons. The molecule has 0 aromatic carbocycles. The zero-order valence-corrected chi connectivity index (χ0v) is 11.3. The van der Waals surface area contributed by atoms with Gasteiger partial charge in [0.2, 0.25) is 0 Å².